The molecule has 1 atom stereocenters. The number of carbonyl (C=O) groups excluding carboxylic acids is 2. The van der Waals surface area contributed by atoms with E-state index in [0.29, 0.717) is 18.7 Å². The number of aryl methyl sites for hydroxylation is 1. The predicted molar refractivity (Wildman–Crippen MR) is 123 cm³/mol. The molecule has 0 bridgehead atoms. The largest absolute Gasteiger partial charge is 0.484 e. The molecule has 0 heterocycles. The normalized spacial score (nSPS) is 15.2. The molecule has 3 rings (SSSR count). The van der Waals surface area contributed by atoms with Crippen LogP contribution in [0.3, 0.4) is 0 Å². The van der Waals surface area contributed by atoms with Gasteiger partial charge in [0, 0.05) is 12.6 Å². The van der Waals surface area contributed by atoms with Crippen molar-refractivity contribution in [2.45, 2.75) is 71.0 Å². The molecule has 5 heteroatoms. The monoisotopic (exact) mass is 422 g/mol. The van der Waals surface area contributed by atoms with E-state index >= 15 is 0 Å². The number of ether oxygens (including phenoxy) is 1. The number of benzene rings is 2. The zero-order valence-electron chi connectivity index (χ0n) is 18.7. The summed E-state index contributed by atoms with van der Waals surface area (Å²) in [5.74, 6) is 0.403. The predicted octanol–water partition coefficient (Wildman–Crippen LogP) is 4.63. The Hall–Kier alpha value is -2.82. The summed E-state index contributed by atoms with van der Waals surface area (Å²) in [6.45, 7) is 4.28. The number of hydrogen-bond acceptors (Lipinski definition) is 3. The highest BCUT2D eigenvalue weighted by atomic mass is 16.5. The molecule has 31 heavy (non-hydrogen) atoms. The van der Waals surface area contributed by atoms with Crippen molar-refractivity contribution in [1.82, 2.24) is 10.2 Å². The van der Waals surface area contributed by atoms with Gasteiger partial charge in [0.15, 0.2) is 6.61 Å². The van der Waals surface area contributed by atoms with Crippen molar-refractivity contribution < 1.29 is 14.3 Å². The Morgan fingerprint density at radius 2 is 1.71 bits per heavy atom. The second-order valence-electron chi connectivity index (χ2n) is 8.32. The summed E-state index contributed by atoms with van der Waals surface area (Å²) < 4.78 is 5.72. The average molecular weight is 423 g/mol. The van der Waals surface area contributed by atoms with Crippen molar-refractivity contribution in [3.8, 4) is 5.75 Å². The maximum atomic E-state index is 13.3. The first-order valence-corrected chi connectivity index (χ1v) is 11.4. The summed E-state index contributed by atoms with van der Waals surface area (Å²) in [6.07, 6.45) is 6.13. The van der Waals surface area contributed by atoms with Gasteiger partial charge in [0.25, 0.3) is 5.91 Å². The molecule has 0 saturated heterocycles. The zero-order chi connectivity index (χ0) is 22.1. The quantitative estimate of drug-likeness (QED) is 0.641. The van der Waals surface area contributed by atoms with Gasteiger partial charge in [-0.05, 0) is 49.4 Å². The van der Waals surface area contributed by atoms with Crippen LogP contribution >= 0.6 is 0 Å². The average Bonchev–Trinajstić information content (AvgIpc) is 2.80. The Balaban J connectivity index is 1.75. The molecule has 2 aromatic rings. The molecular formula is C26H34N2O3. The minimum Gasteiger partial charge on any atom is -0.484 e. The van der Waals surface area contributed by atoms with E-state index < -0.39 is 6.04 Å². The van der Waals surface area contributed by atoms with Crippen LogP contribution in [0.5, 0.6) is 5.75 Å². The summed E-state index contributed by atoms with van der Waals surface area (Å²) in [6, 6.07) is 17.0. The SMILES string of the molecule is CC[C@H](C(=O)NC1CCCCC1)N(Cc1ccccc1C)C(=O)COc1ccccc1. The van der Waals surface area contributed by atoms with E-state index in [4.69, 9.17) is 4.74 Å². The molecule has 0 aliphatic heterocycles. The molecule has 2 aromatic carbocycles. The third-order valence-electron chi connectivity index (χ3n) is 6.04. The van der Waals surface area contributed by atoms with Gasteiger partial charge in [-0.25, -0.2) is 0 Å². The smallest absolute Gasteiger partial charge is 0.261 e. The number of rotatable bonds is 9. The van der Waals surface area contributed by atoms with Crippen molar-refractivity contribution in [3.63, 3.8) is 0 Å². The summed E-state index contributed by atoms with van der Waals surface area (Å²) in [7, 11) is 0. The Labute approximate surface area is 185 Å². The highest BCUT2D eigenvalue weighted by molar-refractivity contribution is 5.88. The van der Waals surface area contributed by atoms with E-state index in [-0.39, 0.29) is 24.5 Å². The number of amides is 2. The third kappa shape index (κ3) is 6.58. The summed E-state index contributed by atoms with van der Waals surface area (Å²) >= 11 is 0. The number of carbonyl (C=O) groups is 2. The molecule has 2 amide bonds. The van der Waals surface area contributed by atoms with Gasteiger partial charge in [-0.3, -0.25) is 9.59 Å². The van der Waals surface area contributed by atoms with Gasteiger partial charge in [0.2, 0.25) is 5.91 Å². The molecule has 1 aliphatic carbocycles. The van der Waals surface area contributed by atoms with Gasteiger partial charge in [0.1, 0.15) is 11.8 Å². The maximum Gasteiger partial charge on any atom is 0.261 e. The Morgan fingerprint density at radius 3 is 2.39 bits per heavy atom. The van der Waals surface area contributed by atoms with Crippen molar-refractivity contribution >= 4 is 11.8 Å². The fourth-order valence-electron chi connectivity index (χ4n) is 4.18. The van der Waals surface area contributed by atoms with E-state index in [1.165, 1.54) is 6.42 Å². The number of para-hydroxylation sites is 1. The number of nitrogens with zero attached hydrogens (tertiary/aromatic N) is 1. The van der Waals surface area contributed by atoms with Gasteiger partial charge < -0.3 is 15.0 Å². The van der Waals surface area contributed by atoms with Crippen LogP contribution in [0.25, 0.3) is 0 Å². The first-order chi connectivity index (χ1) is 15.1. The summed E-state index contributed by atoms with van der Waals surface area (Å²) in [4.78, 5) is 28.1. The first-order valence-electron chi connectivity index (χ1n) is 11.4. The van der Waals surface area contributed by atoms with Crippen molar-refractivity contribution in [3.05, 3.63) is 65.7 Å². The van der Waals surface area contributed by atoms with E-state index in [1.807, 2.05) is 68.4 Å². The van der Waals surface area contributed by atoms with Gasteiger partial charge in [0.05, 0.1) is 0 Å². The lowest BCUT2D eigenvalue weighted by molar-refractivity contribution is -0.143. The second kappa shape index (κ2) is 11.5. The van der Waals surface area contributed by atoms with Crippen LogP contribution < -0.4 is 10.1 Å². The lowest BCUT2D eigenvalue weighted by Gasteiger charge is -2.33. The number of nitrogens with one attached hydrogen (secondary N) is 1. The van der Waals surface area contributed by atoms with Crippen molar-refractivity contribution in [1.29, 1.82) is 0 Å². The summed E-state index contributed by atoms with van der Waals surface area (Å²) in [5.41, 5.74) is 2.14. The molecule has 0 radical (unpaired) electrons. The molecule has 0 unspecified atom stereocenters. The standard InChI is InChI=1S/C26H34N2O3/c1-3-24(26(30)27-22-14-6-4-7-15-22)28(18-21-13-11-10-12-20(21)2)25(29)19-31-23-16-8-5-9-17-23/h5,8-13,16-17,22,24H,3-4,6-7,14-15,18-19H2,1-2H3,(H,27,30)/t24-/m1/s1. The fraction of sp³-hybridized carbons (Fsp3) is 0.462. The van der Waals surface area contributed by atoms with E-state index in [2.05, 4.69) is 5.32 Å². The highest BCUT2D eigenvalue weighted by Crippen LogP contribution is 2.20. The van der Waals surface area contributed by atoms with Crippen LogP contribution in [0, 0.1) is 6.92 Å². The van der Waals surface area contributed by atoms with Gasteiger partial charge in [-0.1, -0.05) is 68.7 Å². The Kier molecular flexibility index (Phi) is 8.51. The van der Waals surface area contributed by atoms with Crippen LogP contribution in [-0.2, 0) is 16.1 Å². The molecule has 0 spiro atoms. The molecule has 1 N–H and O–H groups in total. The topological polar surface area (TPSA) is 58.6 Å². The van der Waals surface area contributed by atoms with E-state index in [1.54, 1.807) is 4.90 Å². The van der Waals surface area contributed by atoms with Crippen LogP contribution in [0.15, 0.2) is 54.6 Å². The summed E-state index contributed by atoms with van der Waals surface area (Å²) in [5, 5.41) is 3.21. The van der Waals surface area contributed by atoms with Gasteiger partial charge in [-0.15, -0.1) is 0 Å². The van der Waals surface area contributed by atoms with Crippen LogP contribution in [0.1, 0.15) is 56.6 Å². The molecule has 1 fully saturated rings. The number of hydrogen-bond donors (Lipinski definition) is 1. The minimum absolute atomic E-state index is 0.0592. The van der Waals surface area contributed by atoms with E-state index in [9.17, 15) is 9.59 Å². The third-order valence-corrected chi connectivity index (χ3v) is 6.04. The molecule has 1 aliphatic rings. The highest BCUT2D eigenvalue weighted by Gasteiger charge is 2.30. The van der Waals surface area contributed by atoms with Crippen LogP contribution in [0.4, 0.5) is 0 Å². The fourth-order valence-corrected chi connectivity index (χ4v) is 4.18. The molecule has 5 nitrogen and oxygen atoms in total. The Morgan fingerprint density at radius 1 is 1.03 bits per heavy atom. The molecular weight excluding hydrogens is 388 g/mol. The lowest BCUT2D eigenvalue weighted by atomic mass is 9.95. The lowest BCUT2D eigenvalue weighted by Crippen LogP contribution is -2.52. The second-order valence-corrected chi connectivity index (χ2v) is 8.32. The molecule has 166 valence electrons. The van der Waals surface area contributed by atoms with Crippen LogP contribution in [-0.4, -0.2) is 35.4 Å². The zero-order valence-corrected chi connectivity index (χ0v) is 18.7. The van der Waals surface area contributed by atoms with E-state index in [0.717, 1.165) is 36.8 Å². The first kappa shape index (κ1) is 22.9. The van der Waals surface area contributed by atoms with Crippen LogP contribution in [0.2, 0.25) is 0 Å². The minimum atomic E-state index is -0.520. The van der Waals surface area contributed by atoms with Gasteiger partial charge in [-0.2, -0.15) is 0 Å². The van der Waals surface area contributed by atoms with Crippen molar-refractivity contribution in [2.75, 3.05) is 6.61 Å². The van der Waals surface area contributed by atoms with Crippen molar-refractivity contribution in [2.24, 2.45) is 0 Å². The Bertz CT molecular complexity index is 847. The van der Waals surface area contributed by atoms with Gasteiger partial charge >= 0.3 is 0 Å². The molecule has 0 aromatic heterocycles. The maximum absolute atomic E-state index is 13.3. The molecule has 1 saturated carbocycles.